The highest BCUT2D eigenvalue weighted by molar-refractivity contribution is 7.26. The molecular weight excluding hydrogens is 771 g/mol. The van der Waals surface area contributed by atoms with Crippen LogP contribution in [0.2, 0.25) is 0 Å². The predicted octanol–water partition coefficient (Wildman–Crippen LogP) is 17.4. The third-order valence-corrected chi connectivity index (χ3v) is 14.7. The Balaban J connectivity index is 1.04. The van der Waals surface area contributed by atoms with E-state index < -0.39 is 0 Å². The average molecular weight is 810 g/mol. The van der Waals surface area contributed by atoms with Crippen molar-refractivity contribution >= 4 is 92.1 Å². The number of fused-ring (bicyclic) bond motifs is 11. The Morgan fingerprint density at radius 1 is 0.419 bits per heavy atom. The van der Waals surface area contributed by atoms with Crippen molar-refractivity contribution in [2.45, 2.75) is 19.3 Å². The number of rotatable bonds is 5. The van der Waals surface area contributed by atoms with Crippen LogP contribution in [0, 0.1) is 0 Å². The van der Waals surface area contributed by atoms with Gasteiger partial charge in [0.1, 0.15) is 5.58 Å². The molecule has 2 aromatic heterocycles. The number of nitrogens with zero attached hydrogens (tertiary/aromatic N) is 1. The fourth-order valence-electron chi connectivity index (χ4n) is 10.4. The van der Waals surface area contributed by atoms with E-state index >= 15 is 0 Å². The first kappa shape index (κ1) is 35.3. The lowest BCUT2D eigenvalue weighted by molar-refractivity contribution is 0.660. The minimum Gasteiger partial charge on any atom is -0.453 e. The minimum absolute atomic E-state index is 0.152. The lowest BCUT2D eigenvalue weighted by Crippen LogP contribution is -2.16. The molecule has 1 aliphatic rings. The van der Waals surface area contributed by atoms with E-state index in [4.69, 9.17) is 4.42 Å². The van der Waals surface area contributed by atoms with Gasteiger partial charge in [-0.25, -0.2) is 0 Å². The second-order valence-electron chi connectivity index (χ2n) is 17.2. The molecule has 0 aliphatic heterocycles. The Labute approximate surface area is 363 Å². The Kier molecular flexibility index (Phi) is 7.56. The Hall–Kier alpha value is -7.46. The molecule has 2 heterocycles. The summed E-state index contributed by atoms with van der Waals surface area (Å²) in [5.74, 6) is 0. The third-order valence-electron chi connectivity index (χ3n) is 13.4. The van der Waals surface area contributed by atoms with E-state index in [1.54, 1.807) is 0 Å². The van der Waals surface area contributed by atoms with Gasteiger partial charge in [0, 0.05) is 53.3 Å². The molecule has 0 N–H and O–H groups in total. The summed E-state index contributed by atoms with van der Waals surface area (Å²) < 4.78 is 9.96. The van der Waals surface area contributed by atoms with Crippen LogP contribution in [-0.2, 0) is 5.41 Å². The van der Waals surface area contributed by atoms with Crippen LogP contribution < -0.4 is 4.90 Å². The van der Waals surface area contributed by atoms with Crippen LogP contribution in [0.25, 0.3) is 97.0 Å². The van der Waals surface area contributed by atoms with Gasteiger partial charge in [-0.05, 0) is 109 Å². The second kappa shape index (κ2) is 13.3. The molecule has 0 atom stereocenters. The van der Waals surface area contributed by atoms with Crippen molar-refractivity contribution in [2.75, 3.05) is 4.90 Å². The zero-order valence-corrected chi connectivity index (χ0v) is 35.1. The summed E-state index contributed by atoms with van der Waals surface area (Å²) in [6, 6.07) is 73.5. The first-order valence-corrected chi connectivity index (χ1v) is 22.2. The van der Waals surface area contributed by atoms with Crippen molar-refractivity contribution in [3.05, 3.63) is 211 Å². The van der Waals surface area contributed by atoms with Gasteiger partial charge in [0.2, 0.25) is 0 Å². The highest BCUT2D eigenvalue weighted by Gasteiger charge is 2.36. The maximum absolute atomic E-state index is 7.33. The molecule has 0 spiro atoms. The normalized spacial score (nSPS) is 13.1. The average Bonchev–Trinajstić information content (AvgIpc) is 3.96. The fourth-order valence-corrected chi connectivity index (χ4v) is 11.6. The van der Waals surface area contributed by atoms with Gasteiger partial charge in [-0.1, -0.05) is 166 Å². The molecule has 0 saturated heterocycles. The quantitative estimate of drug-likeness (QED) is 0.172. The van der Waals surface area contributed by atoms with Gasteiger partial charge in [-0.3, -0.25) is 0 Å². The van der Waals surface area contributed by atoms with Crippen molar-refractivity contribution in [2.24, 2.45) is 0 Å². The molecule has 0 saturated carbocycles. The van der Waals surface area contributed by atoms with Crippen LogP contribution in [-0.4, -0.2) is 0 Å². The summed E-state index contributed by atoms with van der Waals surface area (Å²) in [4.78, 5) is 2.41. The molecule has 13 rings (SSSR count). The van der Waals surface area contributed by atoms with E-state index in [1.165, 1.54) is 75.1 Å². The van der Waals surface area contributed by atoms with Crippen LogP contribution in [0.4, 0.5) is 17.1 Å². The van der Waals surface area contributed by atoms with E-state index in [0.29, 0.717) is 0 Å². The van der Waals surface area contributed by atoms with Gasteiger partial charge < -0.3 is 9.32 Å². The number of hydrogen-bond acceptors (Lipinski definition) is 3. The molecule has 62 heavy (non-hydrogen) atoms. The van der Waals surface area contributed by atoms with Crippen LogP contribution in [0.1, 0.15) is 25.0 Å². The molecule has 12 aromatic rings. The molecule has 2 nitrogen and oxygen atoms in total. The maximum atomic E-state index is 7.33. The first-order valence-electron chi connectivity index (χ1n) is 21.4. The highest BCUT2D eigenvalue weighted by atomic mass is 32.1. The van der Waals surface area contributed by atoms with E-state index in [1.807, 2.05) is 11.3 Å². The van der Waals surface area contributed by atoms with Gasteiger partial charge in [0.05, 0.1) is 5.69 Å². The van der Waals surface area contributed by atoms with E-state index in [-0.39, 0.29) is 5.41 Å². The van der Waals surface area contributed by atoms with Crippen LogP contribution in [0.15, 0.2) is 205 Å². The minimum atomic E-state index is -0.152. The maximum Gasteiger partial charge on any atom is 0.159 e. The molecule has 10 aromatic carbocycles. The molecule has 292 valence electrons. The number of benzene rings is 10. The summed E-state index contributed by atoms with van der Waals surface area (Å²) in [5.41, 5.74) is 14.8. The van der Waals surface area contributed by atoms with Crippen molar-refractivity contribution < 1.29 is 4.42 Å². The van der Waals surface area contributed by atoms with E-state index in [2.05, 4.69) is 219 Å². The highest BCUT2D eigenvalue weighted by Crippen LogP contribution is 2.52. The SMILES string of the molecule is CC1(C)c2ccccc2-c2ccc(N(c3ccc(-c4cccc5c4sc4ccccc45)cc3)c3cccc4c3oc3c(-c5ccc6ccccc6c5)c5ccccc5cc34)cc21. The van der Waals surface area contributed by atoms with E-state index in [9.17, 15) is 0 Å². The smallest absolute Gasteiger partial charge is 0.159 e. The number of para-hydroxylation sites is 1. The van der Waals surface area contributed by atoms with Gasteiger partial charge in [-0.15, -0.1) is 11.3 Å². The van der Waals surface area contributed by atoms with Crippen molar-refractivity contribution in [3.8, 4) is 33.4 Å². The van der Waals surface area contributed by atoms with Crippen molar-refractivity contribution in [1.29, 1.82) is 0 Å². The van der Waals surface area contributed by atoms with Crippen molar-refractivity contribution in [3.63, 3.8) is 0 Å². The number of furan rings is 1. The largest absolute Gasteiger partial charge is 0.453 e. The lowest BCUT2D eigenvalue weighted by atomic mass is 9.82. The summed E-state index contributed by atoms with van der Waals surface area (Å²) >= 11 is 1.87. The summed E-state index contributed by atoms with van der Waals surface area (Å²) in [7, 11) is 0. The molecular formula is C59H39NOS. The van der Waals surface area contributed by atoms with Gasteiger partial charge in [0.15, 0.2) is 5.58 Å². The molecule has 0 radical (unpaired) electrons. The van der Waals surface area contributed by atoms with E-state index in [0.717, 1.165) is 50.1 Å². The molecule has 1 aliphatic carbocycles. The van der Waals surface area contributed by atoms with Crippen LogP contribution in [0.5, 0.6) is 0 Å². The number of thiophene rings is 1. The fraction of sp³-hybridized carbons (Fsp3) is 0.0508. The molecule has 0 unspecified atom stereocenters. The zero-order valence-electron chi connectivity index (χ0n) is 34.3. The number of anilines is 3. The first-order chi connectivity index (χ1) is 30.5. The van der Waals surface area contributed by atoms with Gasteiger partial charge >= 0.3 is 0 Å². The van der Waals surface area contributed by atoms with Crippen molar-refractivity contribution in [1.82, 2.24) is 0 Å². The lowest BCUT2D eigenvalue weighted by Gasteiger charge is -2.28. The Bertz CT molecular complexity index is 3790. The van der Waals surface area contributed by atoms with Gasteiger partial charge in [-0.2, -0.15) is 0 Å². The monoisotopic (exact) mass is 809 g/mol. The number of hydrogen-bond donors (Lipinski definition) is 0. The van der Waals surface area contributed by atoms with Crippen LogP contribution in [0.3, 0.4) is 0 Å². The predicted molar refractivity (Wildman–Crippen MR) is 265 cm³/mol. The second-order valence-corrected chi connectivity index (χ2v) is 18.3. The summed E-state index contributed by atoms with van der Waals surface area (Å²) in [6.45, 7) is 4.71. The molecule has 0 bridgehead atoms. The molecule has 3 heteroatoms. The summed E-state index contributed by atoms with van der Waals surface area (Å²) in [5, 5.41) is 9.64. The topological polar surface area (TPSA) is 16.4 Å². The zero-order chi connectivity index (χ0) is 41.1. The molecule has 0 amide bonds. The molecule has 0 fully saturated rings. The van der Waals surface area contributed by atoms with Crippen LogP contribution >= 0.6 is 11.3 Å². The Morgan fingerprint density at radius 2 is 1.08 bits per heavy atom. The standard InChI is InChI=1S/C59H39NOS/c1-59(2)51-22-9-7-17-45(51)46-32-31-42(35-52(46)59)60(41-29-27-37(28-30-41)44-19-11-21-49-47-18-8-10-24-54(47)62-58(44)49)53-23-12-20-48-50-34-39-15-5-6-16-43(39)55(57(50)61-56(48)53)40-26-25-36-13-3-4-14-38(36)33-40/h3-35H,1-2H3. The van der Waals surface area contributed by atoms with Gasteiger partial charge in [0.25, 0.3) is 0 Å². The summed E-state index contributed by atoms with van der Waals surface area (Å²) in [6.07, 6.45) is 0. The third kappa shape index (κ3) is 5.16. The Morgan fingerprint density at radius 3 is 1.97 bits per heavy atom.